The van der Waals surface area contributed by atoms with Gasteiger partial charge in [0.1, 0.15) is 19.4 Å². The molecule has 0 spiro atoms. The first kappa shape index (κ1) is 10.6. The molecule has 0 heterocycles. The maximum absolute atomic E-state index is 12.8. The Morgan fingerprint density at radius 2 is 2.23 bits per heavy atom. The molecule has 0 N–H and O–H groups in total. The number of hydrogen-bond acceptors (Lipinski definition) is 1. The van der Waals surface area contributed by atoms with Gasteiger partial charge in [0.25, 0.3) is 0 Å². The first-order valence-corrected chi connectivity index (χ1v) is 5.03. The van der Waals surface area contributed by atoms with Gasteiger partial charge in [-0.3, -0.25) is 0 Å². The van der Waals surface area contributed by atoms with Crippen LogP contribution in [0.4, 0.5) is 4.39 Å². The van der Waals surface area contributed by atoms with Crippen molar-refractivity contribution < 1.29 is 9.13 Å². The third-order valence-electron chi connectivity index (χ3n) is 1.64. The van der Waals surface area contributed by atoms with Gasteiger partial charge in [-0.25, -0.2) is 4.39 Å². The lowest BCUT2D eigenvalue weighted by Crippen LogP contribution is -2.11. The summed E-state index contributed by atoms with van der Waals surface area (Å²) in [5.41, 5.74) is 0.820. The van der Waals surface area contributed by atoms with Crippen molar-refractivity contribution in [1.82, 2.24) is 0 Å². The molecule has 0 aliphatic rings. The molecule has 1 rings (SSSR count). The number of halogens is 2. The van der Waals surface area contributed by atoms with E-state index in [0.29, 0.717) is 11.1 Å². The van der Waals surface area contributed by atoms with E-state index in [1.165, 1.54) is 12.1 Å². The lowest BCUT2D eigenvalue weighted by Gasteiger charge is -2.10. The number of hydrogen-bond donors (Lipinski definition) is 0. The van der Waals surface area contributed by atoms with Crippen LogP contribution in [0, 0.1) is 5.82 Å². The van der Waals surface area contributed by atoms with Crippen LogP contribution >= 0.6 is 15.9 Å². The van der Waals surface area contributed by atoms with Gasteiger partial charge in [-0.1, -0.05) is 6.92 Å². The monoisotopic (exact) mass is 244 g/mol. The summed E-state index contributed by atoms with van der Waals surface area (Å²) in [4.78, 5) is 0. The highest BCUT2D eigenvalue weighted by Crippen LogP contribution is 2.23. The summed E-state index contributed by atoms with van der Waals surface area (Å²) >= 11 is 3.26. The van der Waals surface area contributed by atoms with Crippen molar-refractivity contribution in [1.29, 1.82) is 0 Å². The first-order chi connectivity index (χ1) is 6.15. The minimum atomic E-state index is -0.242. The zero-order valence-electron chi connectivity index (χ0n) is 7.73. The van der Waals surface area contributed by atoms with E-state index >= 15 is 0 Å². The third-order valence-corrected chi connectivity index (χ3v) is 2.23. The van der Waals surface area contributed by atoms with Gasteiger partial charge in [-0.15, -0.1) is 0 Å². The zero-order valence-corrected chi connectivity index (χ0v) is 9.32. The largest absolute Gasteiger partial charge is 0.493 e. The second-order valence-corrected chi connectivity index (χ2v) is 3.74. The minimum Gasteiger partial charge on any atom is -0.493 e. The Morgan fingerprint density at radius 3 is 2.77 bits per heavy atom. The highest BCUT2D eigenvalue weighted by atomic mass is 79.9. The Balaban J connectivity index is 2.92. The number of rotatable bonds is 3. The Morgan fingerprint density at radius 1 is 1.54 bits per heavy atom. The molecule has 13 heavy (non-hydrogen) atoms. The molecule has 0 saturated carbocycles. The van der Waals surface area contributed by atoms with Gasteiger partial charge in [0.2, 0.25) is 0 Å². The molecule has 1 nitrogen and oxygen atoms in total. The van der Waals surface area contributed by atoms with Gasteiger partial charge in [0, 0.05) is 0 Å². The Bertz CT molecular complexity index is 281. The van der Waals surface area contributed by atoms with E-state index in [1.54, 1.807) is 0 Å². The van der Waals surface area contributed by atoms with Crippen molar-refractivity contribution in [3.63, 3.8) is 0 Å². The van der Waals surface area contributed by atoms with Crippen molar-refractivity contribution in [3.8, 4) is 5.75 Å². The van der Waals surface area contributed by atoms with Crippen LogP contribution in [0.2, 0.25) is 0 Å². The van der Waals surface area contributed by atoms with E-state index < -0.39 is 0 Å². The lowest BCUT2D eigenvalue weighted by molar-refractivity contribution is 0.317. The van der Waals surface area contributed by atoms with Crippen LogP contribution in [-0.4, -0.2) is 14.5 Å². The molecule has 0 aliphatic heterocycles. The average Bonchev–Trinajstić information content (AvgIpc) is 2.02. The summed E-state index contributed by atoms with van der Waals surface area (Å²) in [6, 6.07) is 2.88. The van der Waals surface area contributed by atoms with E-state index in [1.807, 2.05) is 14.8 Å². The fraction of sp³-hybridized carbons (Fsp3) is 0.333. The SMILES string of the molecule is Bc1cc(F)cc(Br)c1OCCC. The fourth-order valence-corrected chi connectivity index (χ4v) is 1.72. The molecule has 0 atom stereocenters. The van der Waals surface area contributed by atoms with Crippen LogP contribution < -0.4 is 10.2 Å². The minimum absolute atomic E-state index is 0.242. The summed E-state index contributed by atoms with van der Waals surface area (Å²) in [5, 5.41) is 0. The second kappa shape index (κ2) is 4.65. The smallest absolute Gasteiger partial charge is 0.144 e. The highest BCUT2D eigenvalue weighted by Gasteiger charge is 2.06. The van der Waals surface area contributed by atoms with Crippen molar-refractivity contribution >= 4 is 29.2 Å². The van der Waals surface area contributed by atoms with E-state index in [9.17, 15) is 4.39 Å². The van der Waals surface area contributed by atoms with Crippen molar-refractivity contribution in [2.75, 3.05) is 6.61 Å². The molecule has 0 saturated heterocycles. The van der Waals surface area contributed by atoms with Crippen LogP contribution in [0.25, 0.3) is 0 Å². The molecule has 0 amide bonds. The predicted molar refractivity (Wildman–Crippen MR) is 58.1 cm³/mol. The van der Waals surface area contributed by atoms with E-state index in [4.69, 9.17) is 4.74 Å². The lowest BCUT2D eigenvalue weighted by atomic mass is 9.95. The summed E-state index contributed by atoms with van der Waals surface area (Å²) in [6.45, 7) is 2.69. The van der Waals surface area contributed by atoms with Crippen molar-refractivity contribution in [3.05, 3.63) is 22.4 Å². The zero-order chi connectivity index (χ0) is 9.84. The molecule has 1 aromatic rings. The molecule has 0 aliphatic carbocycles. The van der Waals surface area contributed by atoms with Crippen LogP contribution in [0.5, 0.6) is 5.75 Å². The maximum Gasteiger partial charge on any atom is 0.144 e. The maximum atomic E-state index is 12.8. The molecular formula is C9H11BBrFO. The summed E-state index contributed by atoms with van der Waals surface area (Å²) < 4.78 is 19.0. The van der Waals surface area contributed by atoms with Crippen LogP contribution in [0.1, 0.15) is 13.3 Å². The Hall–Kier alpha value is -0.505. The Labute approximate surface area is 86.8 Å². The second-order valence-electron chi connectivity index (χ2n) is 2.88. The van der Waals surface area contributed by atoms with Gasteiger partial charge in [0.05, 0.1) is 11.1 Å². The molecule has 1 aromatic carbocycles. The number of ether oxygens (including phenoxy) is 1. The highest BCUT2D eigenvalue weighted by molar-refractivity contribution is 9.10. The Kier molecular flexibility index (Phi) is 3.79. The van der Waals surface area contributed by atoms with Crippen molar-refractivity contribution in [2.24, 2.45) is 0 Å². The molecule has 0 radical (unpaired) electrons. The van der Waals surface area contributed by atoms with Gasteiger partial charge in [-0.2, -0.15) is 0 Å². The normalized spacial score (nSPS) is 10.1. The van der Waals surface area contributed by atoms with E-state index in [-0.39, 0.29) is 5.82 Å². The third kappa shape index (κ3) is 2.73. The summed E-state index contributed by atoms with van der Waals surface area (Å²) in [6.07, 6.45) is 0.948. The topological polar surface area (TPSA) is 9.23 Å². The van der Waals surface area contributed by atoms with Crippen LogP contribution in [0.15, 0.2) is 16.6 Å². The summed E-state index contributed by atoms with van der Waals surface area (Å²) in [5.74, 6) is 0.497. The quantitative estimate of drug-likeness (QED) is 0.735. The average molecular weight is 245 g/mol. The molecule has 0 unspecified atom stereocenters. The van der Waals surface area contributed by atoms with Gasteiger partial charge < -0.3 is 4.74 Å². The summed E-state index contributed by atoms with van der Waals surface area (Å²) in [7, 11) is 1.83. The van der Waals surface area contributed by atoms with Crippen molar-refractivity contribution in [2.45, 2.75) is 13.3 Å². The first-order valence-electron chi connectivity index (χ1n) is 4.23. The van der Waals surface area contributed by atoms with Gasteiger partial charge >= 0.3 is 0 Å². The fourth-order valence-electron chi connectivity index (χ4n) is 1.08. The number of benzene rings is 1. The molecular weight excluding hydrogens is 234 g/mol. The van der Waals surface area contributed by atoms with Crippen LogP contribution in [-0.2, 0) is 0 Å². The standard InChI is InChI=1S/C9H11BBrFO/c1-2-3-13-9-7(10)4-6(12)5-8(9)11/h4-5H,2-3,10H2,1H3. The predicted octanol–water partition coefficient (Wildman–Crippen LogP) is 1.64. The van der Waals surface area contributed by atoms with E-state index in [2.05, 4.69) is 15.9 Å². The molecule has 0 fully saturated rings. The molecule has 70 valence electrons. The van der Waals surface area contributed by atoms with Gasteiger partial charge in [-0.05, 0) is 39.9 Å². The van der Waals surface area contributed by atoms with Crippen LogP contribution in [0.3, 0.4) is 0 Å². The molecule has 0 aromatic heterocycles. The molecule has 0 bridgehead atoms. The van der Waals surface area contributed by atoms with E-state index in [0.717, 1.165) is 17.6 Å². The van der Waals surface area contributed by atoms with Gasteiger partial charge in [0.15, 0.2) is 0 Å². The molecule has 4 heteroatoms.